The average molecular weight is 429 g/mol. The van der Waals surface area contributed by atoms with Gasteiger partial charge in [-0.3, -0.25) is 4.79 Å². The molecule has 1 aliphatic heterocycles. The minimum Gasteiger partial charge on any atom is -0.355 e. The second-order valence-corrected chi connectivity index (χ2v) is 8.11. The van der Waals surface area contributed by atoms with Crippen LogP contribution in [-0.2, 0) is 11.2 Å². The SMILES string of the molecule is N[C@H]1CCN(c2ccc3c(NC(=O)CCc4ccccc4Cl)c(Cl)ccc3n2)C1. The van der Waals surface area contributed by atoms with Gasteiger partial charge in [-0.1, -0.05) is 41.4 Å². The molecular weight excluding hydrogens is 407 g/mol. The molecule has 2 heterocycles. The van der Waals surface area contributed by atoms with E-state index < -0.39 is 0 Å². The molecule has 2 aromatic carbocycles. The van der Waals surface area contributed by atoms with E-state index in [2.05, 4.69) is 10.2 Å². The highest BCUT2D eigenvalue weighted by molar-refractivity contribution is 6.35. The van der Waals surface area contributed by atoms with E-state index in [1.165, 1.54) is 0 Å². The molecule has 0 radical (unpaired) electrons. The number of anilines is 2. The molecule has 0 unspecified atom stereocenters. The second kappa shape index (κ2) is 8.57. The summed E-state index contributed by atoms with van der Waals surface area (Å²) in [5.41, 5.74) is 8.33. The first kappa shape index (κ1) is 20.0. The van der Waals surface area contributed by atoms with Gasteiger partial charge in [-0.2, -0.15) is 0 Å². The summed E-state index contributed by atoms with van der Waals surface area (Å²) in [7, 11) is 0. The van der Waals surface area contributed by atoms with Gasteiger partial charge in [0.25, 0.3) is 0 Å². The minimum absolute atomic E-state index is 0.117. The molecule has 3 N–H and O–H groups in total. The average Bonchev–Trinajstić information content (AvgIpc) is 3.15. The lowest BCUT2D eigenvalue weighted by Gasteiger charge is -2.18. The van der Waals surface area contributed by atoms with Crippen molar-refractivity contribution in [1.82, 2.24) is 4.98 Å². The highest BCUT2D eigenvalue weighted by Gasteiger charge is 2.21. The lowest BCUT2D eigenvalue weighted by atomic mass is 10.1. The summed E-state index contributed by atoms with van der Waals surface area (Å²) >= 11 is 12.6. The van der Waals surface area contributed by atoms with Gasteiger partial charge in [-0.25, -0.2) is 4.98 Å². The zero-order valence-corrected chi connectivity index (χ0v) is 17.4. The fraction of sp³-hybridized carbons (Fsp3) is 0.273. The maximum absolute atomic E-state index is 12.5. The standard InChI is InChI=1S/C22H22Cl2N4O/c23-17-4-2-1-3-14(17)5-10-21(29)27-22-16-6-9-20(28-12-11-15(25)13-28)26-19(16)8-7-18(22)24/h1-4,6-9,15H,5,10-13,25H2,(H,27,29)/t15-/m0/s1. The van der Waals surface area contributed by atoms with E-state index in [0.29, 0.717) is 28.6 Å². The third-order valence-corrected chi connectivity index (χ3v) is 5.88. The number of hydrogen-bond acceptors (Lipinski definition) is 4. The number of rotatable bonds is 5. The van der Waals surface area contributed by atoms with Crippen LogP contribution in [-0.4, -0.2) is 30.0 Å². The van der Waals surface area contributed by atoms with Crippen LogP contribution in [0.5, 0.6) is 0 Å². The fourth-order valence-electron chi connectivity index (χ4n) is 3.62. The summed E-state index contributed by atoms with van der Waals surface area (Å²) < 4.78 is 0. The molecule has 1 aliphatic rings. The first-order valence-corrected chi connectivity index (χ1v) is 10.4. The molecule has 0 saturated carbocycles. The molecule has 3 aromatic rings. The Hall–Kier alpha value is -2.34. The Morgan fingerprint density at radius 1 is 1.14 bits per heavy atom. The Bertz CT molecular complexity index is 1060. The fourth-order valence-corrected chi connectivity index (χ4v) is 4.06. The van der Waals surface area contributed by atoms with Gasteiger partial charge in [0.1, 0.15) is 5.82 Å². The van der Waals surface area contributed by atoms with Gasteiger partial charge in [-0.15, -0.1) is 0 Å². The third-order valence-electron chi connectivity index (χ3n) is 5.20. The van der Waals surface area contributed by atoms with Crippen molar-refractivity contribution in [1.29, 1.82) is 0 Å². The summed E-state index contributed by atoms with van der Waals surface area (Å²) in [5, 5.41) is 4.92. The maximum atomic E-state index is 12.5. The monoisotopic (exact) mass is 428 g/mol. The van der Waals surface area contributed by atoms with E-state index in [4.69, 9.17) is 33.9 Å². The molecule has 0 spiro atoms. The number of nitrogens with two attached hydrogens (primary N) is 1. The lowest BCUT2D eigenvalue weighted by molar-refractivity contribution is -0.116. The minimum atomic E-state index is -0.117. The number of halogens is 2. The summed E-state index contributed by atoms with van der Waals surface area (Å²) in [6, 6.07) is 15.3. The molecule has 5 nitrogen and oxygen atoms in total. The van der Waals surface area contributed by atoms with Crippen molar-refractivity contribution in [3.05, 3.63) is 64.1 Å². The third kappa shape index (κ3) is 4.47. The van der Waals surface area contributed by atoms with Gasteiger partial charge in [0.15, 0.2) is 0 Å². The van der Waals surface area contributed by atoms with Crippen LogP contribution in [0.1, 0.15) is 18.4 Å². The number of carbonyl (C=O) groups excluding carboxylic acids is 1. The van der Waals surface area contributed by atoms with Gasteiger partial charge in [0.05, 0.1) is 16.2 Å². The summed E-state index contributed by atoms with van der Waals surface area (Å²) in [6.45, 7) is 1.70. The number of hydrogen-bond donors (Lipinski definition) is 2. The van der Waals surface area contributed by atoms with Crippen LogP contribution < -0.4 is 16.0 Å². The molecule has 0 bridgehead atoms. The van der Waals surface area contributed by atoms with Crippen molar-refractivity contribution in [2.24, 2.45) is 5.73 Å². The zero-order chi connectivity index (χ0) is 20.4. The number of pyridine rings is 1. The van der Waals surface area contributed by atoms with Gasteiger partial charge in [-0.05, 0) is 48.7 Å². The first-order valence-electron chi connectivity index (χ1n) is 9.64. The number of nitrogens with zero attached hydrogens (tertiary/aromatic N) is 2. The molecule has 1 amide bonds. The van der Waals surface area contributed by atoms with Crippen LogP contribution in [0.25, 0.3) is 10.9 Å². The van der Waals surface area contributed by atoms with Crippen molar-refractivity contribution < 1.29 is 4.79 Å². The first-order chi connectivity index (χ1) is 14.0. The molecule has 4 rings (SSSR count). The van der Waals surface area contributed by atoms with Crippen LogP contribution in [0.3, 0.4) is 0 Å². The van der Waals surface area contributed by atoms with E-state index in [1.54, 1.807) is 6.07 Å². The van der Waals surface area contributed by atoms with Crippen molar-refractivity contribution in [3.8, 4) is 0 Å². The van der Waals surface area contributed by atoms with Crippen molar-refractivity contribution in [2.45, 2.75) is 25.3 Å². The smallest absolute Gasteiger partial charge is 0.224 e. The number of fused-ring (bicyclic) bond motifs is 1. The van der Waals surface area contributed by atoms with Crippen molar-refractivity contribution in [2.75, 3.05) is 23.3 Å². The highest BCUT2D eigenvalue weighted by Crippen LogP contribution is 2.32. The van der Waals surface area contributed by atoms with E-state index in [9.17, 15) is 4.79 Å². The number of benzene rings is 2. The molecular formula is C22H22Cl2N4O. The molecule has 1 saturated heterocycles. The van der Waals surface area contributed by atoms with Gasteiger partial charge in [0.2, 0.25) is 5.91 Å². The van der Waals surface area contributed by atoms with Crippen LogP contribution in [0.4, 0.5) is 11.5 Å². The molecule has 7 heteroatoms. The Morgan fingerprint density at radius 2 is 1.97 bits per heavy atom. The molecule has 1 atom stereocenters. The Kier molecular flexibility index (Phi) is 5.90. The van der Waals surface area contributed by atoms with Crippen LogP contribution in [0.2, 0.25) is 10.0 Å². The lowest BCUT2D eigenvalue weighted by Crippen LogP contribution is -2.26. The normalized spacial score (nSPS) is 16.4. The van der Waals surface area contributed by atoms with E-state index >= 15 is 0 Å². The highest BCUT2D eigenvalue weighted by atomic mass is 35.5. The summed E-state index contributed by atoms with van der Waals surface area (Å²) in [4.78, 5) is 19.5. The van der Waals surface area contributed by atoms with E-state index in [-0.39, 0.29) is 11.9 Å². The largest absolute Gasteiger partial charge is 0.355 e. The van der Waals surface area contributed by atoms with Crippen LogP contribution in [0.15, 0.2) is 48.5 Å². The van der Waals surface area contributed by atoms with Crippen LogP contribution >= 0.6 is 23.2 Å². The van der Waals surface area contributed by atoms with Crippen molar-refractivity contribution in [3.63, 3.8) is 0 Å². The quantitative estimate of drug-likeness (QED) is 0.620. The molecule has 1 aromatic heterocycles. The second-order valence-electron chi connectivity index (χ2n) is 7.29. The Balaban J connectivity index is 1.52. The number of nitrogens with one attached hydrogen (secondary N) is 1. The summed E-state index contributed by atoms with van der Waals surface area (Å²) in [6.07, 6.45) is 1.84. The number of aryl methyl sites for hydroxylation is 1. The Labute approximate surface area is 179 Å². The Morgan fingerprint density at radius 3 is 2.72 bits per heavy atom. The maximum Gasteiger partial charge on any atom is 0.224 e. The van der Waals surface area contributed by atoms with Crippen LogP contribution in [0, 0.1) is 0 Å². The van der Waals surface area contributed by atoms with Crippen molar-refractivity contribution >= 4 is 51.5 Å². The van der Waals surface area contributed by atoms with E-state index in [0.717, 1.165) is 41.8 Å². The predicted octanol–water partition coefficient (Wildman–Crippen LogP) is 4.65. The van der Waals surface area contributed by atoms with E-state index in [1.807, 2.05) is 42.5 Å². The molecule has 29 heavy (non-hydrogen) atoms. The number of amides is 1. The molecule has 150 valence electrons. The van der Waals surface area contributed by atoms with Gasteiger partial charge in [0, 0.05) is 36.0 Å². The molecule has 0 aliphatic carbocycles. The zero-order valence-electron chi connectivity index (χ0n) is 15.9. The van der Waals surface area contributed by atoms with Gasteiger partial charge >= 0.3 is 0 Å². The topological polar surface area (TPSA) is 71.2 Å². The number of carbonyl (C=O) groups is 1. The summed E-state index contributed by atoms with van der Waals surface area (Å²) in [5.74, 6) is 0.776. The molecule has 1 fully saturated rings. The predicted molar refractivity (Wildman–Crippen MR) is 120 cm³/mol. The van der Waals surface area contributed by atoms with Gasteiger partial charge < -0.3 is 16.0 Å². The number of aromatic nitrogens is 1.